The van der Waals surface area contributed by atoms with Gasteiger partial charge in [-0.15, -0.1) is 11.6 Å². The van der Waals surface area contributed by atoms with Gasteiger partial charge in [-0.1, -0.05) is 36.9 Å². The Morgan fingerprint density at radius 2 is 2.00 bits per heavy atom. The first-order chi connectivity index (χ1) is 10.1. The van der Waals surface area contributed by atoms with Gasteiger partial charge in [0.25, 0.3) is 0 Å². The second kappa shape index (κ2) is 7.46. The molecule has 0 spiro atoms. The smallest absolute Gasteiger partial charge is 0.224 e. The van der Waals surface area contributed by atoms with Crippen molar-refractivity contribution >= 4 is 29.1 Å². The zero-order chi connectivity index (χ0) is 15.3. The van der Waals surface area contributed by atoms with Crippen LogP contribution in [0.5, 0.6) is 0 Å². The minimum absolute atomic E-state index is 0.00546. The van der Waals surface area contributed by atoms with E-state index in [2.05, 4.69) is 5.32 Å². The number of carbonyl (C=O) groups is 1. The summed E-state index contributed by atoms with van der Waals surface area (Å²) in [7, 11) is 0. The molecule has 1 N–H and O–H groups in total. The van der Waals surface area contributed by atoms with E-state index in [0.29, 0.717) is 12.4 Å². The molecule has 21 heavy (non-hydrogen) atoms. The second-order valence-electron chi connectivity index (χ2n) is 5.85. The lowest BCUT2D eigenvalue weighted by molar-refractivity contribution is -0.121. The predicted octanol–water partition coefficient (Wildman–Crippen LogP) is 4.33. The molecule has 1 aliphatic carbocycles. The fourth-order valence-corrected chi connectivity index (χ4v) is 3.46. The first-order valence-corrected chi connectivity index (χ1v) is 8.23. The molecule has 1 aliphatic rings. The van der Waals surface area contributed by atoms with Crippen molar-refractivity contribution in [2.24, 2.45) is 5.41 Å². The Bertz CT molecular complexity index is 481. The Labute approximate surface area is 135 Å². The molecule has 0 aliphatic heterocycles. The number of alkyl halides is 1. The fourth-order valence-electron chi connectivity index (χ4n) is 2.87. The molecule has 1 aromatic rings. The van der Waals surface area contributed by atoms with Gasteiger partial charge in [0.1, 0.15) is 5.82 Å². The summed E-state index contributed by atoms with van der Waals surface area (Å²) in [5, 5.41) is 3.19. The number of hydrogen-bond acceptors (Lipinski definition) is 1. The van der Waals surface area contributed by atoms with Crippen molar-refractivity contribution in [3.63, 3.8) is 0 Å². The number of benzene rings is 1. The summed E-state index contributed by atoms with van der Waals surface area (Å²) < 4.78 is 13.7. The number of rotatable bonds is 5. The van der Waals surface area contributed by atoms with Crippen LogP contribution in [0.15, 0.2) is 18.2 Å². The summed E-state index contributed by atoms with van der Waals surface area (Å²) >= 11 is 12.0. The molecule has 0 aromatic heterocycles. The molecule has 1 fully saturated rings. The van der Waals surface area contributed by atoms with Crippen LogP contribution in [-0.4, -0.2) is 18.3 Å². The van der Waals surface area contributed by atoms with Gasteiger partial charge < -0.3 is 5.32 Å². The Hall–Kier alpha value is -0.800. The normalized spacial score (nSPS) is 17.5. The average molecular weight is 332 g/mol. The van der Waals surface area contributed by atoms with Gasteiger partial charge in [0.05, 0.1) is 6.42 Å². The molecular formula is C16H20Cl2FNO. The van der Waals surface area contributed by atoms with Gasteiger partial charge in [0, 0.05) is 28.4 Å². The number of halogens is 3. The van der Waals surface area contributed by atoms with Crippen LogP contribution in [0.2, 0.25) is 5.02 Å². The van der Waals surface area contributed by atoms with E-state index in [-0.39, 0.29) is 28.3 Å². The Morgan fingerprint density at radius 1 is 1.29 bits per heavy atom. The summed E-state index contributed by atoms with van der Waals surface area (Å²) in [4.78, 5) is 12.0. The van der Waals surface area contributed by atoms with E-state index in [1.54, 1.807) is 6.07 Å². The lowest BCUT2D eigenvalue weighted by Crippen LogP contribution is -2.40. The van der Waals surface area contributed by atoms with Gasteiger partial charge in [-0.2, -0.15) is 0 Å². The second-order valence-corrected chi connectivity index (χ2v) is 6.52. The van der Waals surface area contributed by atoms with Crippen molar-refractivity contribution in [2.75, 3.05) is 12.4 Å². The van der Waals surface area contributed by atoms with E-state index in [1.165, 1.54) is 18.6 Å². The summed E-state index contributed by atoms with van der Waals surface area (Å²) in [5.41, 5.74) is 0.245. The number of carbonyl (C=O) groups excluding carboxylic acids is 1. The van der Waals surface area contributed by atoms with Crippen molar-refractivity contribution in [2.45, 2.75) is 38.5 Å². The Kier molecular flexibility index (Phi) is 5.88. The average Bonchev–Trinajstić information content (AvgIpc) is 2.50. The first kappa shape index (κ1) is 16.6. The molecule has 0 unspecified atom stereocenters. The van der Waals surface area contributed by atoms with E-state index >= 15 is 0 Å². The SMILES string of the molecule is O=C(Cc1c(F)cccc1Cl)NCC1(CCl)CCCCC1. The number of amides is 1. The topological polar surface area (TPSA) is 29.1 Å². The standard InChI is InChI=1S/C16H20Cl2FNO/c17-10-16(7-2-1-3-8-16)11-20-15(21)9-12-13(18)5-4-6-14(12)19/h4-6H,1-3,7-11H2,(H,20,21). The molecule has 2 nitrogen and oxygen atoms in total. The van der Waals surface area contributed by atoms with Gasteiger partial charge in [-0.25, -0.2) is 4.39 Å². The summed E-state index contributed by atoms with van der Waals surface area (Å²) in [6, 6.07) is 4.44. The Morgan fingerprint density at radius 3 is 2.62 bits per heavy atom. The van der Waals surface area contributed by atoms with Gasteiger partial charge >= 0.3 is 0 Å². The quantitative estimate of drug-likeness (QED) is 0.799. The number of nitrogens with one attached hydrogen (secondary N) is 1. The Balaban J connectivity index is 1.93. The third-order valence-corrected chi connectivity index (χ3v) is 5.18. The van der Waals surface area contributed by atoms with Gasteiger partial charge in [0.15, 0.2) is 0 Å². The van der Waals surface area contributed by atoms with Crippen molar-refractivity contribution in [1.29, 1.82) is 0 Å². The molecule has 1 saturated carbocycles. The molecule has 5 heteroatoms. The first-order valence-electron chi connectivity index (χ1n) is 7.32. The highest BCUT2D eigenvalue weighted by Gasteiger charge is 2.31. The van der Waals surface area contributed by atoms with Crippen molar-refractivity contribution < 1.29 is 9.18 Å². The molecule has 0 bridgehead atoms. The van der Waals surface area contributed by atoms with E-state index in [0.717, 1.165) is 25.7 Å². The zero-order valence-corrected chi connectivity index (χ0v) is 13.4. The van der Waals surface area contributed by atoms with E-state index in [4.69, 9.17) is 23.2 Å². The van der Waals surface area contributed by atoms with Crippen LogP contribution in [0.4, 0.5) is 4.39 Å². The van der Waals surface area contributed by atoms with Crippen molar-refractivity contribution in [3.8, 4) is 0 Å². The van der Waals surface area contributed by atoms with Crippen LogP contribution in [0.25, 0.3) is 0 Å². The summed E-state index contributed by atoms with van der Waals surface area (Å²) in [6.45, 7) is 0.557. The van der Waals surface area contributed by atoms with Crippen molar-refractivity contribution in [1.82, 2.24) is 5.32 Å². The maximum absolute atomic E-state index is 13.7. The lowest BCUT2D eigenvalue weighted by atomic mass is 9.75. The highest BCUT2D eigenvalue weighted by molar-refractivity contribution is 6.31. The van der Waals surface area contributed by atoms with E-state index in [9.17, 15) is 9.18 Å². The third kappa shape index (κ3) is 4.33. The summed E-state index contributed by atoms with van der Waals surface area (Å²) in [5.74, 6) is -0.104. The number of hydrogen-bond donors (Lipinski definition) is 1. The van der Waals surface area contributed by atoms with E-state index < -0.39 is 5.82 Å². The van der Waals surface area contributed by atoms with Crippen LogP contribution in [0.3, 0.4) is 0 Å². The molecule has 0 heterocycles. The third-order valence-electron chi connectivity index (χ3n) is 4.26. The van der Waals surface area contributed by atoms with Gasteiger partial charge in [0.2, 0.25) is 5.91 Å². The highest BCUT2D eigenvalue weighted by Crippen LogP contribution is 2.36. The summed E-state index contributed by atoms with van der Waals surface area (Å²) in [6.07, 6.45) is 5.58. The van der Waals surface area contributed by atoms with Gasteiger partial charge in [-0.3, -0.25) is 4.79 Å². The van der Waals surface area contributed by atoms with E-state index in [1.807, 2.05) is 0 Å². The molecular weight excluding hydrogens is 312 g/mol. The lowest BCUT2D eigenvalue weighted by Gasteiger charge is -2.35. The molecule has 0 radical (unpaired) electrons. The highest BCUT2D eigenvalue weighted by atomic mass is 35.5. The minimum atomic E-state index is -0.442. The van der Waals surface area contributed by atoms with Crippen LogP contribution in [0, 0.1) is 11.2 Å². The molecule has 1 amide bonds. The maximum Gasteiger partial charge on any atom is 0.224 e. The molecule has 116 valence electrons. The molecule has 2 rings (SSSR count). The van der Waals surface area contributed by atoms with Crippen molar-refractivity contribution in [3.05, 3.63) is 34.6 Å². The molecule has 0 atom stereocenters. The van der Waals surface area contributed by atoms with Crippen LogP contribution >= 0.6 is 23.2 Å². The largest absolute Gasteiger partial charge is 0.355 e. The minimum Gasteiger partial charge on any atom is -0.355 e. The molecule has 0 saturated heterocycles. The maximum atomic E-state index is 13.7. The van der Waals surface area contributed by atoms with Gasteiger partial charge in [-0.05, 0) is 25.0 Å². The monoisotopic (exact) mass is 331 g/mol. The molecule has 1 aromatic carbocycles. The van der Waals surface area contributed by atoms with Crippen LogP contribution in [-0.2, 0) is 11.2 Å². The predicted molar refractivity (Wildman–Crippen MR) is 84.4 cm³/mol. The van der Waals surface area contributed by atoms with Crippen LogP contribution < -0.4 is 5.32 Å². The van der Waals surface area contributed by atoms with Crippen LogP contribution in [0.1, 0.15) is 37.7 Å². The fraction of sp³-hybridized carbons (Fsp3) is 0.562. The zero-order valence-electron chi connectivity index (χ0n) is 11.9.